The molecule has 0 aliphatic heterocycles. The van der Waals surface area contributed by atoms with E-state index >= 15 is 0 Å². The van der Waals surface area contributed by atoms with E-state index in [4.69, 9.17) is 0 Å². The highest BCUT2D eigenvalue weighted by molar-refractivity contribution is 5.93. The van der Waals surface area contributed by atoms with Gasteiger partial charge in [-0.2, -0.15) is 0 Å². The van der Waals surface area contributed by atoms with Crippen molar-refractivity contribution in [3.05, 3.63) is 33.7 Å². The molecule has 0 fully saturated rings. The summed E-state index contributed by atoms with van der Waals surface area (Å²) >= 11 is 0. The van der Waals surface area contributed by atoms with Gasteiger partial charge < -0.3 is 15.0 Å². The molecular weight excluding hydrogens is 236 g/mol. The van der Waals surface area contributed by atoms with Crippen molar-refractivity contribution in [3.8, 4) is 0 Å². The number of hydrogen-bond donors (Lipinski definition) is 2. The number of pyridine rings is 1. The third-order valence-corrected chi connectivity index (χ3v) is 2.37. The molecule has 6 heteroatoms. The van der Waals surface area contributed by atoms with Gasteiger partial charge in [-0.1, -0.05) is 0 Å². The summed E-state index contributed by atoms with van der Waals surface area (Å²) in [5, 5.41) is 2.57. The number of carbonyl (C=O) groups is 2. The largest absolute Gasteiger partial charge is 0.469 e. The molecular formula is C12H16N2O4. The quantitative estimate of drug-likeness (QED) is 0.585. The van der Waals surface area contributed by atoms with Crippen molar-refractivity contribution in [2.75, 3.05) is 13.7 Å². The van der Waals surface area contributed by atoms with Crippen molar-refractivity contribution in [1.82, 2.24) is 10.3 Å². The summed E-state index contributed by atoms with van der Waals surface area (Å²) in [6.45, 7) is 2.06. The number of hydrogen-bond acceptors (Lipinski definition) is 4. The van der Waals surface area contributed by atoms with Gasteiger partial charge >= 0.3 is 5.97 Å². The van der Waals surface area contributed by atoms with Crippen LogP contribution in [0.1, 0.15) is 28.9 Å². The number of ether oxygens (including phenoxy) is 1. The molecule has 0 spiro atoms. The minimum absolute atomic E-state index is 0.0682. The van der Waals surface area contributed by atoms with Crippen molar-refractivity contribution in [3.63, 3.8) is 0 Å². The third-order valence-electron chi connectivity index (χ3n) is 2.37. The molecule has 0 aliphatic carbocycles. The summed E-state index contributed by atoms with van der Waals surface area (Å²) in [5.74, 6) is -0.765. The van der Waals surface area contributed by atoms with Gasteiger partial charge in [0.25, 0.3) is 5.91 Å². The Hall–Kier alpha value is -2.11. The van der Waals surface area contributed by atoms with Gasteiger partial charge in [0.2, 0.25) is 0 Å². The van der Waals surface area contributed by atoms with E-state index in [0.717, 1.165) is 0 Å². The van der Waals surface area contributed by atoms with Crippen molar-refractivity contribution in [2.24, 2.45) is 0 Å². The Balaban J connectivity index is 2.46. The van der Waals surface area contributed by atoms with E-state index < -0.39 is 5.91 Å². The van der Waals surface area contributed by atoms with Crippen molar-refractivity contribution in [2.45, 2.75) is 19.8 Å². The predicted molar refractivity (Wildman–Crippen MR) is 65.4 cm³/mol. The lowest BCUT2D eigenvalue weighted by Gasteiger charge is -2.04. The molecule has 1 amide bonds. The van der Waals surface area contributed by atoms with Crippen molar-refractivity contribution < 1.29 is 14.3 Å². The van der Waals surface area contributed by atoms with E-state index in [1.807, 2.05) is 0 Å². The highest BCUT2D eigenvalue weighted by Gasteiger charge is 2.09. The Labute approximate surface area is 104 Å². The van der Waals surface area contributed by atoms with Crippen LogP contribution in [-0.2, 0) is 9.53 Å². The zero-order valence-electron chi connectivity index (χ0n) is 10.4. The maximum absolute atomic E-state index is 11.6. The average Bonchev–Trinajstić information content (AvgIpc) is 2.34. The van der Waals surface area contributed by atoms with Gasteiger partial charge in [-0.15, -0.1) is 0 Å². The molecule has 0 saturated carbocycles. The summed E-state index contributed by atoms with van der Waals surface area (Å²) in [4.78, 5) is 36.8. The fraction of sp³-hybridized carbons (Fsp3) is 0.417. The van der Waals surface area contributed by atoms with Gasteiger partial charge in [0.15, 0.2) is 5.43 Å². The predicted octanol–water partition coefficient (Wildman–Crippen LogP) is 0.366. The number of carbonyl (C=O) groups excluding carboxylic acids is 2. The molecule has 1 aromatic heterocycles. The van der Waals surface area contributed by atoms with Crippen LogP contribution in [0.25, 0.3) is 0 Å². The summed E-state index contributed by atoms with van der Waals surface area (Å²) < 4.78 is 4.47. The summed E-state index contributed by atoms with van der Waals surface area (Å²) in [7, 11) is 1.31. The number of rotatable bonds is 5. The van der Waals surface area contributed by atoms with Crippen LogP contribution in [0, 0.1) is 6.92 Å². The van der Waals surface area contributed by atoms with E-state index in [-0.39, 0.29) is 23.4 Å². The standard InChI is InChI=1S/C12H16N2O4/c1-8-6-10(15)9(7-14-8)12(17)13-5-3-4-11(16)18-2/h6-7H,3-5H2,1-2H3,(H,13,17)(H,14,15). The van der Waals surface area contributed by atoms with Gasteiger partial charge in [0.1, 0.15) is 5.56 Å². The fourth-order valence-corrected chi connectivity index (χ4v) is 1.38. The first-order chi connectivity index (χ1) is 8.54. The molecule has 6 nitrogen and oxygen atoms in total. The van der Waals surface area contributed by atoms with Gasteiger partial charge in [0, 0.05) is 30.9 Å². The van der Waals surface area contributed by atoms with E-state index in [1.54, 1.807) is 6.92 Å². The number of nitrogens with one attached hydrogen (secondary N) is 2. The Bertz CT molecular complexity index is 493. The molecule has 0 bridgehead atoms. The highest BCUT2D eigenvalue weighted by Crippen LogP contribution is 1.94. The first-order valence-corrected chi connectivity index (χ1v) is 5.59. The van der Waals surface area contributed by atoms with Gasteiger partial charge in [-0.25, -0.2) is 0 Å². The number of H-pyrrole nitrogens is 1. The number of esters is 1. The maximum atomic E-state index is 11.6. The second kappa shape index (κ2) is 6.58. The number of aryl methyl sites for hydroxylation is 1. The molecule has 98 valence electrons. The third kappa shape index (κ3) is 4.04. The lowest BCUT2D eigenvalue weighted by molar-refractivity contribution is -0.140. The van der Waals surface area contributed by atoms with Crippen molar-refractivity contribution >= 4 is 11.9 Å². The van der Waals surface area contributed by atoms with Crippen LogP contribution in [-0.4, -0.2) is 30.5 Å². The fourth-order valence-electron chi connectivity index (χ4n) is 1.38. The molecule has 18 heavy (non-hydrogen) atoms. The number of methoxy groups -OCH3 is 1. The van der Waals surface area contributed by atoms with Crippen LogP contribution in [0.3, 0.4) is 0 Å². The van der Waals surface area contributed by atoms with E-state index in [0.29, 0.717) is 18.7 Å². The Morgan fingerprint density at radius 1 is 1.44 bits per heavy atom. The second-order valence-electron chi connectivity index (χ2n) is 3.83. The van der Waals surface area contributed by atoms with Gasteiger partial charge in [-0.05, 0) is 13.3 Å². The Kier molecular flexibility index (Phi) is 5.10. The molecule has 0 aromatic carbocycles. The first kappa shape index (κ1) is 14.0. The molecule has 0 atom stereocenters. The number of aromatic amines is 1. The van der Waals surface area contributed by atoms with Gasteiger partial charge in [-0.3, -0.25) is 14.4 Å². The van der Waals surface area contributed by atoms with Crippen LogP contribution in [0.5, 0.6) is 0 Å². The van der Waals surface area contributed by atoms with Crippen LogP contribution in [0.15, 0.2) is 17.1 Å². The lowest BCUT2D eigenvalue weighted by atomic mass is 10.2. The van der Waals surface area contributed by atoms with Crippen LogP contribution < -0.4 is 10.7 Å². The minimum atomic E-state index is -0.443. The molecule has 0 saturated heterocycles. The summed E-state index contributed by atoms with van der Waals surface area (Å²) in [5.41, 5.74) is 0.442. The van der Waals surface area contributed by atoms with Crippen molar-refractivity contribution in [1.29, 1.82) is 0 Å². The van der Waals surface area contributed by atoms with Crippen LogP contribution in [0.2, 0.25) is 0 Å². The molecule has 0 aliphatic rings. The van der Waals surface area contributed by atoms with Crippen LogP contribution in [0.4, 0.5) is 0 Å². The topological polar surface area (TPSA) is 88.3 Å². The zero-order valence-corrected chi connectivity index (χ0v) is 10.4. The average molecular weight is 252 g/mol. The molecule has 1 rings (SSSR count). The minimum Gasteiger partial charge on any atom is -0.469 e. The Morgan fingerprint density at radius 2 is 2.17 bits per heavy atom. The maximum Gasteiger partial charge on any atom is 0.305 e. The molecule has 0 radical (unpaired) electrons. The van der Waals surface area contributed by atoms with E-state index in [1.165, 1.54) is 19.4 Å². The lowest BCUT2D eigenvalue weighted by Crippen LogP contribution is -2.29. The smallest absolute Gasteiger partial charge is 0.305 e. The first-order valence-electron chi connectivity index (χ1n) is 5.59. The zero-order chi connectivity index (χ0) is 13.5. The monoisotopic (exact) mass is 252 g/mol. The molecule has 1 heterocycles. The van der Waals surface area contributed by atoms with Gasteiger partial charge in [0.05, 0.1) is 7.11 Å². The number of aromatic nitrogens is 1. The Morgan fingerprint density at radius 3 is 2.78 bits per heavy atom. The SMILES string of the molecule is COC(=O)CCCNC(=O)c1c[nH]c(C)cc1=O. The highest BCUT2D eigenvalue weighted by atomic mass is 16.5. The van der Waals surface area contributed by atoms with E-state index in [2.05, 4.69) is 15.0 Å². The normalized spacial score (nSPS) is 9.89. The summed E-state index contributed by atoms with van der Waals surface area (Å²) in [6, 6.07) is 1.36. The summed E-state index contributed by atoms with van der Waals surface area (Å²) in [6.07, 6.45) is 2.09. The number of amides is 1. The molecule has 2 N–H and O–H groups in total. The van der Waals surface area contributed by atoms with Crippen LogP contribution >= 0.6 is 0 Å². The molecule has 1 aromatic rings. The second-order valence-corrected chi connectivity index (χ2v) is 3.83. The van der Waals surface area contributed by atoms with E-state index in [9.17, 15) is 14.4 Å². The molecule has 0 unspecified atom stereocenters.